The fourth-order valence-corrected chi connectivity index (χ4v) is 4.22. The molecule has 1 amide bonds. The summed E-state index contributed by atoms with van der Waals surface area (Å²) in [6.45, 7) is 0. The van der Waals surface area contributed by atoms with Crippen LogP contribution >= 0.6 is 11.3 Å². The van der Waals surface area contributed by atoms with Crippen LogP contribution in [-0.2, 0) is 4.79 Å². The highest BCUT2D eigenvalue weighted by molar-refractivity contribution is 7.07. The number of anilines is 1. The van der Waals surface area contributed by atoms with Crippen molar-refractivity contribution < 1.29 is 9.90 Å². The van der Waals surface area contributed by atoms with E-state index in [1.165, 1.54) is 10.6 Å². The Morgan fingerprint density at radius 3 is 2.25 bits per heavy atom. The third-order valence-electron chi connectivity index (χ3n) is 4.65. The maximum atomic E-state index is 13.3. The standard InChI is InChI=1S/C25H17N3O3S/c26-16-20(23(30)27-18-10-3-1-4-11-18)25-28(19-12-5-2-6-13-19)24(31)22(32-25)15-17-9-7-8-14-21(17)29/h1-15,29H,(H,27,30)/b22-15-,25-20-. The molecule has 0 aliphatic carbocycles. The zero-order valence-electron chi connectivity index (χ0n) is 16.7. The maximum Gasteiger partial charge on any atom is 0.273 e. The number of hydrogen-bond acceptors (Lipinski definition) is 5. The number of nitrogens with one attached hydrogen (secondary N) is 1. The van der Waals surface area contributed by atoms with Crippen molar-refractivity contribution in [3.05, 3.63) is 110 Å². The number of nitriles is 1. The summed E-state index contributed by atoms with van der Waals surface area (Å²) >= 11 is 1.02. The van der Waals surface area contributed by atoms with Gasteiger partial charge in [-0.1, -0.05) is 54.6 Å². The number of phenolic OH excluding ortho intramolecular Hbond substituents is 1. The molecule has 0 saturated heterocycles. The lowest BCUT2D eigenvalue weighted by Gasteiger charge is -2.05. The SMILES string of the molecule is N#C/C(C(=O)Nc1ccccc1)=c1/s/c(=C\c2ccccc2O)c(=O)n1-c1ccccc1. The van der Waals surface area contributed by atoms with E-state index in [1.807, 2.05) is 18.2 Å². The molecule has 0 radical (unpaired) electrons. The van der Waals surface area contributed by atoms with Gasteiger partial charge in [-0.3, -0.25) is 14.2 Å². The monoisotopic (exact) mass is 439 g/mol. The number of phenols is 1. The zero-order valence-corrected chi connectivity index (χ0v) is 17.5. The van der Waals surface area contributed by atoms with E-state index < -0.39 is 5.91 Å². The lowest BCUT2D eigenvalue weighted by Crippen LogP contribution is -2.32. The van der Waals surface area contributed by atoms with Gasteiger partial charge in [0.25, 0.3) is 11.5 Å². The molecule has 0 bridgehead atoms. The second-order valence-corrected chi connectivity index (χ2v) is 7.79. The second kappa shape index (κ2) is 9.16. The number of amides is 1. The van der Waals surface area contributed by atoms with Gasteiger partial charge in [-0.2, -0.15) is 5.26 Å². The van der Waals surface area contributed by atoms with Crippen LogP contribution in [0.2, 0.25) is 0 Å². The topological polar surface area (TPSA) is 95.1 Å². The van der Waals surface area contributed by atoms with E-state index in [0.717, 1.165) is 11.3 Å². The van der Waals surface area contributed by atoms with Crippen LogP contribution in [0.25, 0.3) is 17.3 Å². The highest BCUT2D eigenvalue weighted by Gasteiger charge is 2.17. The molecule has 2 N–H and O–H groups in total. The Kier molecular flexibility index (Phi) is 5.97. The highest BCUT2D eigenvalue weighted by atomic mass is 32.1. The first-order valence-electron chi connectivity index (χ1n) is 9.66. The summed E-state index contributed by atoms with van der Waals surface area (Å²) in [7, 11) is 0. The third kappa shape index (κ3) is 4.21. The number of para-hydroxylation sites is 3. The molecule has 156 valence electrons. The molecule has 4 aromatic rings. The summed E-state index contributed by atoms with van der Waals surface area (Å²) in [6, 6.07) is 26.2. The lowest BCUT2D eigenvalue weighted by molar-refractivity contribution is -0.111. The van der Waals surface area contributed by atoms with Crippen molar-refractivity contribution >= 4 is 34.6 Å². The summed E-state index contributed by atoms with van der Waals surface area (Å²) in [4.78, 5) is 26.2. The van der Waals surface area contributed by atoms with E-state index in [0.29, 0.717) is 16.9 Å². The molecule has 32 heavy (non-hydrogen) atoms. The molecule has 0 aliphatic heterocycles. The number of benzene rings is 3. The van der Waals surface area contributed by atoms with E-state index in [1.54, 1.807) is 72.8 Å². The minimum absolute atomic E-state index is 0.0272. The van der Waals surface area contributed by atoms with Gasteiger partial charge in [-0.15, -0.1) is 11.3 Å². The van der Waals surface area contributed by atoms with Gasteiger partial charge in [0.2, 0.25) is 0 Å². The molecule has 3 aromatic carbocycles. The molecule has 4 rings (SSSR count). The smallest absolute Gasteiger partial charge is 0.273 e. The van der Waals surface area contributed by atoms with Crippen LogP contribution in [0.4, 0.5) is 5.69 Å². The number of rotatable bonds is 4. The van der Waals surface area contributed by atoms with Crippen molar-refractivity contribution in [1.29, 1.82) is 5.26 Å². The molecule has 0 atom stereocenters. The van der Waals surface area contributed by atoms with Crippen LogP contribution in [0.3, 0.4) is 0 Å². The van der Waals surface area contributed by atoms with Gasteiger partial charge in [-0.05, 0) is 36.4 Å². The lowest BCUT2D eigenvalue weighted by atomic mass is 10.2. The number of carbonyl (C=O) groups excluding carboxylic acids is 1. The molecule has 0 aliphatic rings. The molecular weight excluding hydrogens is 422 g/mol. The number of hydrogen-bond donors (Lipinski definition) is 2. The van der Waals surface area contributed by atoms with E-state index in [2.05, 4.69) is 5.32 Å². The van der Waals surface area contributed by atoms with Gasteiger partial charge in [0.1, 0.15) is 16.5 Å². The number of carbonyl (C=O) groups is 1. The minimum atomic E-state index is -0.612. The number of thiazole rings is 1. The number of aromatic hydroxyl groups is 1. The fourth-order valence-electron chi connectivity index (χ4n) is 3.12. The molecule has 1 heterocycles. The molecule has 0 spiro atoms. The van der Waals surface area contributed by atoms with Crippen molar-refractivity contribution in [3.8, 4) is 17.5 Å². The van der Waals surface area contributed by atoms with Crippen molar-refractivity contribution in [2.45, 2.75) is 0 Å². The fraction of sp³-hybridized carbons (Fsp3) is 0. The van der Waals surface area contributed by atoms with E-state index in [9.17, 15) is 20.0 Å². The first kappa shape index (κ1) is 20.8. The van der Waals surface area contributed by atoms with Gasteiger partial charge in [-0.25, -0.2) is 0 Å². The Bertz CT molecular complexity index is 1500. The molecule has 1 aromatic heterocycles. The average Bonchev–Trinajstić information content (AvgIpc) is 3.12. The zero-order chi connectivity index (χ0) is 22.5. The van der Waals surface area contributed by atoms with Crippen LogP contribution in [0.5, 0.6) is 5.75 Å². The van der Waals surface area contributed by atoms with Crippen molar-refractivity contribution in [3.63, 3.8) is 0 Å². The normalized spacial score (nSPS) is 12.2. The Hall–Kier alpha value is -4.41. The van der Waals surface area contributed by atoms with Crippen LogP contribution < -0.4 is 20.1 Å². The summed E-state index contributed by atoms with van der Waals surface area (Å²) in [6.07, 6.45) is 1.55. The minimum Gasteiger partial charge on any atom is -0.507 e. The highest BCUT2D eigenvalue weighted by Crippen LogP contribution is 2.16. The van der Waals surface area contributed by atoms with E-state index in [4.69, 9.17) is 0 Å². The van der Waals surface area contributed by atoms with Gasteiger partial charge in [0.05, 0.1) is 10.2 Å². The maximum absolute atomic E-state index is 13.3. The number of nitrogens with zero attached hydrogens (tertiary/aromatic N) is 2. The van der Waals surface area contributed by atoms with Crippen molar-refractivity contribution in [1.82, 2.24) is 4.57 Å². The van der Waals surface area contributed by atoms with Gasteiger partial charge >= 0.3 is 0 Å². The molecule has 6 nitrogen and oxygen atoms in total. The first-order chi connectivity index (χ1) is 15.6. The summed E-state index contributed by atoms with van der Waals surface area (Å²) in [5, 5.41) is 22.6. The predicted octanol–water partition coefficient (Wildman–Crippen LogP) is 2.75. The summed E-state index contributed by atoms with van der Waals surface area (Å²) in [5.41, 5.74) is 0.957. The van der Waals surface area contributed by atoms with E-state index >= 15 is 0 Å². The molecular formula is C25H17N3O3S. The Labute approximate surface area is 187 Å². The average molecular weight is 439 g/mol. The predicted molar refractivity (Wildman–Crippen MR) is 125 cm³/mol. The first-order valence-corrected chi connectivity index (χ1v) is 10.5. The molecule has 0 unspecified atom stereocenters. The van der Waals surface area contributed by atoms with Crippen molar-refractivity contribution in [2.24, 2.45) is 0 Å². The quantitative estimate of drug-likeness (QED) is 0.511. The van der Waals surface area contributed by atoms with Gasteiger partial charge < -0.3 is 10.4 Å². The van der Waals surface area contributed by atoms with Crippen LogP contribution in [0.15, 0.2) is 89.7 Å². The largest absolute Gasteiger partial charge is 0.507 e. The second-order valence-electron chi connectivity index (χ2n) is 6.76. The van der Waals surface area contributed by atoms with Gasteiger partial charge in [0, 0.05) is 11.3 Å². The van der Waals surface area contributed by atoms with Crippen LogP contribution in [0.1, 0.15) is 5.56 Å². The summed E-state index contributed by atoms with van der Waals surface area (Å²) < 4.78 is 1.84. The Morgan fingerprint density at radius 2 is 1.59 bits per heavy atom. The molecule has 7 heteroatoms. The molecule has 0 saturated carbocycles. The van der Waals surface area contributed by atoms with Crippen molar-refractivity contribution in [2.75, 3.05) is 5.32 Å². The Morgan fingerprint density at radius 1 is 0.969 bits per heavy atom. The Balaban J connectivity index is 1.98. The number of aromatic nitrogens is 1. The van der Waals surface area contributed by atoms with Crippen LogP contribution in [-0.4, -0.2) is 15.6 Å². The van der Waals surface area contributed by atoms with Gasteiger partial charge in [0.15, 0.2) is 5.57 Å². The third-order valence-corrected chi connectivity index (χ3v) is 5.74. The van der Waals surface area contributed by atoms with Crippen LogP contribution in [0, 0.1) is 11.3 Å². The molecule has 0 fully saturated rings. The summed E-state index contributed by atoms with van der Waals surface area (Å²) in [5.74, 6) is -0.585. The van der Waals surface area contributed by atoms with E-state index in [-0.39, 0.29) is 26.1 Å².